The summed E-state index contributed by atoms with van der Waals surface area (Å²) in [6.07, 6.45) is 1.58. The minimum Gasteiger partial charge on any atom is -0.486 e. The maximum absolute atomic E-state index is 14.0. The highest BCUT2D eigenvalue weighted by molar-refractivity contribution is 6.31. The standard InChI is InChI=1S/C22H17ClF2N4O3/c1-13-15(12-31-19-8-3-2-6-18(19)25)21(28-32-13)22(30)26-20-9-10-29(27-20)11-14-16(23)5-4-7-17(14)24/h2-10H,11-12H2,1H3,(H,26,27,30). The molecule has 4 rings (SSSR count). The summed E-state index contributed by atoms with van der Waals surface area (Å²) in [5, 5.41) is 10.9. The van der Waals surface area contributed by atoms with Crippen LogP contribution in [0.4, 0.5) is 14.6 Å². The first-order valence-electron chi connectivity index (χ1n) is 9.52. The molecule has 0 spiro atoms. The molecule has 2 aromatic heterocycles. The third-order valence-corrected chi connectivity index (χ3v) is 5.03. The zero-order valence-corrected chi connectivity index (χ0v) is 17.6. The minimum atomic E-state index is -0.580. The lowest BCUT2D eigenvalue weighted by Gasteiger charge is -2.07. The van der Waals surface area contributed by atoms with Crippen LogP contribution in [0.15, 0.2) is 59.3 Å². The summed E-state index contributed by atoms with van der Waals surface area (Å²) in [4.78, 5) is 12.7. The van der Waals surface area contributed by atoms with Gasteiger partial charge >= 0.3 is 0 Å². The second-order valence-electron chi connectivity index (χ2n) is 6.84. The second-order valence-corrected chi connectivity index (χ2v) is 7.25. The number of para-hydroxylation sites is 1. The first-order chi connectivity index (χ1) is 15.4. The molecule has 7 nitrogen and oxygen atoms in total. The summed E-state index contributed by atoms with van der Waals surface area (Å²) in [6.45, 7) is 1.60. The van der Waals surface area contributed by atoms with Crippen LogP contribution in [0, 0.1) is 18.6 Å². The number of aryl methyl sites for hydroxylation is 1. The van der Waals surface area contributed by atoms with E-state index in [-0.39, 0.29) is 41.0 Å². The van der Waals surface area contributed by atoms with Gasteiger partial charge in [0.25, 0.3) is 5.91 Å². The van der Waals surface area contributed by atoms with E-state index in [0.717, 1.165) is 0 Å². The Kier molecular flexibility index (Phi) is 6.18. The number of rotatable bonds is 7. The van der Waals surface area contributed by atoms with Gasteiger partial charge in [0, 0.05) is 22.8 Å². The highest BCUT2D eigenvalue weighted by Gasteiger charge is 2.22. The normalized spacial score (nSPS) is 10.9. The smallest absolute Gasteiger partial charge is 0.279 e. The molecular formula is C22H17ClF2N4O3. The lowest BCUT2D eigenvalue weighted by Crippen LogP contribution is -2.16. The van der Waals surface area contributed by atoms with Crippen LogP contribution in [0.1, 0.15) is 27.4 Å². The summed E-state index contributed by atoms with van der Waals surface area (Å²) in [7, 11) is 0. The lowest BCUT2D eigenvalue weighted by molar-refractivity contribution is 0.101. The number of halogens is 3. The Morgan fingerprint density at radius 1 is 1.12 bits per heavy atom. The zero-order chi connectivity index (χ0) is 22.7. The molecule has 10 heteroatoms. The summed E-state index contributed by atoms with van der Waals surface area (Å²) in [5.74, 6) is -0.910. The summed E-state index contributed by atoms with van der Waals surface area (Å²) >= 11 is 6.05. The van der Waals surface area contributed by atoms with Crippen LogP contribution >= 0.6 is 11.6 Å². The van der Waals surface area contributed by atoms with E-state index < -0.39 is 17.5 Å². The van der Waals surface area contributed by atoms with Gasteiger partial charge < -0.3 is 14.6 Å². The fourth-order valence-corrected chi connectivity index (χ4v) is 3.21. The molecular weight excluding hydrogens is 442 g/mol. The van der Waals surface area contributed by atoms with Crippen molar-refractivity contribution in [3.8, 4) is 5.75 Å². The predicted molar refractivity (Wildman–Crippen MR) is 113 cm³/mol. The number of hydrogen-bond donors (Lipinski definition) is 1. The average Bonchev–Trinajstić information content (AvgIpc) is 3.36. The molecule has 164 valence electrons. The largest absolute Gasteiger partial charge is 0.486 e. The summed E-state index contributed by atoms with van der Waals surface area (Å²) in [5.41, 5.74) is 0.656. The van der Waals surface area contributed by atoms with E-state index in [1.807, 2.05) is 0 Å². The maximum atomic E-state index is 14.0. The molecule has 0 unspecified atom stereocenters. The van der Waals surface area contributed by atoms with Crippen molar-refractivity contribution < 1.29 is 22.8 Å². The first kappa shape index (κ1) is 21.5. The molecule has 2 heterocycles. The molecule has 0 aliphatic rings. The number of nitrogens with one attached hydrogen (secondary N) is 1. The van der Waals surface area contributed by atoms with Crippen molar-refractivity contribution in [3.63, 3.8) is 0 Å². The zero-order valence-electron chi connectivity index (χ0n) is 16.8. The van der Waals surface area contributed by atoms with Crippen molar-refractivity contribution in [2.45, 2.75) is 20.1 Å². The number of hydrogen-bond acceptors (Lipinski definition) is 5. The van der Waals surface area contributed by atoms with E-state index >= 15 is 0 Å². The van der Waals surface area contributed by atoms with Crippen LogP contribution < -0.4 is 10.1 Å². The molecule has 32 heavy (non-hydrogen) atoms. The van der Waals surface area contributed by atoms with E-state index in [0.29, 0.717) is 11.3 Å². The van der Waals surface area contributed by atoms with Crippen LogP contribution in [0.25, 0.3) is 0 Å². The van der Waals surface area contributed by atoms with Crippen molar-refractivity contribution in [2.24, 2.45) is 0 Å². The van der Waals surface area contributed by atoms with E-state index in [1.165, 1.54) is 28.9 Å². The van der Waals surface area contributed by atoms with E-state index in [1.54, 1.807) is 37.4 Å². The molecule has 0 bridgehead atoms. The molecule has 0 atom stereocenters. The van der Waals surface area contributed by atoms with Crippen molar-refractivity contribution >= 4 is 23.3 Å². The number of carbonyl (C=O) groups is 1. The van der Waals surface area contributed by atoms with Crippen molar-refractivity contribution in [3.05, 3.63) is 94.0 Å². The van der Waals surface area contributed by atoms with E-state index in [2.05, 4.69) is 15.6 Å². The Morgan fingerprint density at radius 2 is 1.91 bits per heavy atom. The average molecular weight is 459 g/mol. The molecule has 0 aliphatic heterocycles. The molecule has 0 aliphatic carbocycles. The van der Waals surface area contributed by atoms with Crippen LogP contribution in [0.2, 0.25) is 5.02 Å². The Hall–Kier alpha value is -3.72. The monoisotopic (exact) mass is 458 g/mol. The van der Waals surface area contributed by atoms with Crippen LogP contribution in [0.5, 0.6) is 5.75 Å². The second kappa shape index (κ2) is 9.19. The SMILES string of the molecule is Cc1onc(C(=O)Nc2ccn(Cc3c(F)cccc3Cl)n2)c1COc1ccccc1F. The van der Waals surface area contributed by atoms with Crippen LogP contribution in [0.3, 0.4) is 0 Å². The van der Waals surface area contributed by atoms with Gasteiger partial charge in [0.1, 0.15) is 18.2 Å². The number of nitrogens with zero attached hydrogens (tertiary/aromatic N) is 3. The van der Waals surface area contributed by atoms with E-state index in [4.69, 9.17) is 20.9 Å². The third kappa shape index (κ3) is 4.62. The summed E-state index contributed by atoms with van der Waals surface area (Å²) in [6, 6.07) is 11.9. The molecule has 0 fully saturated rings. The number of amides is 1. The van der Waals surface area contributed by atoms with Crippen molar-refractivity contribution in [1.82, 2.24) is 14.9 Å². The van der Waals surface area contributed by atoms with Gasteiger partial charge in [-0.1, -0.05) is 35.0 Å². The Labute approximate surface area is 186 Å². The van der Waals surface area contributed by atoms with Crippen molar-refractivity contribution in [1.29, 1.82) is 0 Å². The van der Waals surface area contributed by atoms with Crippen LogP contribution in [-0.2, 0) is 13.2 Å². The van der Waals surface area contributed by atoms with Crippen LogP contribution in [-0.4, -0.2) is 20.8 Å². The molecule has 4 aromatic rings. The highest BCUT2D eigenvalue weighted by Crippen LogP contribution is 2.22. The molecule has 1 amide bonds. The van der Waals surface area contributed by atoms with Gasteiger partial charge in [-0.2, -0.15) is 5.10 Å². The Morgan fingerprint density at radius 3 is 2.69 bits per heavy atom. The van der Waals surface area contributed by atoms with Gasteiger partial charge in [0.05, 0.1) is 12.1 Å². The minimum absolute atomic E-state index is 0.00876. The number of anilines is 1. The van der Waals surface area contributed by atoms with Gasteiger partial charge in [-0.05, 0) is 31.2 Å². The topological polar surface area (TPSA) is 82.2 Å². The molecule has 0 radical (unpaired) electrons. The Balaban J connectivity index is 1.45. The molecule has 0 saturated carbocycles. The van der Waals surface area contributed by atoms with Gasteiger partial charge in [-0.25, -0.2) is 8.78 Å². The Bertz CT molecular complexity index is 1250. The highest BCUT2D eigenvalue weighted by atomic mass is 35.5. The third-order valence-electron chi connectivity index (χ3n) is 4.67. The first-order valence-corrected chi connectivity index (χ1v) is 9.90. The molecule has 1 N–H and O–H groups in total. The summed E-state index contributed by atoms with van der Waals surface area (Å²) < 4.78 is 39.8. The van der Waals surface area contributed by atoms with Gasteiger partial charge in [-0.3, -0.25) is 9.48 Å². The number of benzene rings is 2. The van der Waals surface area contributed by atoms with Gasteiger partial charge in [-0.15, -0.1) is 0 Å². The van der Waals surface area contributed by atoms with Gasteiger partial charge in [0.2, 0.25) is 0 Å². The fourth-order valence-electron chi connectivity index (χ4n) is 2.99. The number of aromatic nitrogens is 3. The van der Waals surface area contributed by atoms with Crippen molar-refractivity contribution in [2.75, 3.05) is 5.32 Å². The lowest BCUT2D eigenvalue weighted by atomic mass is 10.2. The molecule has 2 aromatic carbocycles. The predicted octanol–water partition coefficient (Wildman–Crippen LogP) is 4.99. The maximum Gasteiger partial charge on any atom is 0.279 e. The van der Waals surface area contributed by atoms with Gasteiger partial charge in [0.15, 0.2) is 23.1 Å². The van der Waals surface area contributed by atoms with E-state index in [9.17, 15) is 13.6 Å². The number of carbonyl (C=O) groups excluding carboxylic acids is 1. The fraction of sp³-hybridized carbons (Fsp3) is 0.136. The number of ether oxygens (including phenoxy) is 1. The molecule has 0 saturated heterocycles. The quantitative estimate of drug-likeness (QED) is 0.422.